The van der Waals surface area contributed by atoms with Crippen molar-refractivity contribution >= 4 is 17.4 Å². The Bertz CT molecular complexity index is 795. The molecule has 0 atom stereocenters. The van der Waals surface area contributed by atoms with Crippen molar-refractivity contribution in [1.29, 1.82) is 5.41 Å². The van der Waals surface area contributed by atoms with Gasteiger partial charge in [0.05, 0.1) is 17.6 Å². The smallest absolute Gasteiger partial charge is 0.123 e. The Kier molecular flexibility index (Phi) is 4.24. The second-order valence-corrected chi connectivity index (χ2v) is 5.64. The second kappa shape index (κ2) is 6.32. The highest BCUT2D eigenvalue weighted by atomic mass is 19.1. The van der Waals surface area contributed by atoms with Crippen molar-refractivity contribution in [3.63, 3.8) is 0 Å². The number of nitrogens with one attached hydrogen (secondary N) is 1. The van der Waals surface area contributed by atoms with Gasteiger partial charge in [0.25, 0.3) is 0 Å². The standard InChI is InChI=1S/C19H20FN3/c1-3-13-5-10-16(18(21)4-2)17-12-22-23(19(17)11-13)15-8-6-14(20)7-9-15/h6-12,21H,3-5H2,1-2H3. The zero-order valence-electron chi connectivity index (χ0n) is 13.4. The third-order valence-corrected chi connectivity index (χ3v) is 4.21. The Balaban J connectivity index is 2.17. The molecule has 4 heteroatoms. The normalized spacial score (nSPS) is 13.9. The van der Waals surface area contributed by atoms with Gasteiger partial charge in [-0.1, -0.05) is 25.5 Å². The van der Waals surface area contributed by atoms with Crippen molar-refractivity contribution < 1.29 is 4.39 Å². The van der Waals surface area contributed by atoms with Gasteiger partial charge < -0.3 is 5.41 Å². The van der Waals surface area contributed by atoms with Gasteiger partial charge in [0.1, 0.15) is 5.82 Å². The number of hydrogen-bond acceptors (Lipinski definition) is 2. The quantitative estimate of drug-likeness (QED) is 0.791. The lowest BCUT2D eigenvalue weighted by Gasteiger charge is -2.08. The maximum atomic E-state index is 13.2. The Morgan fingerprint density at radius 2 is 2.00 bits per heavy atom. The number of halogens is 1. The molecule has 0 unspecified atom stereocenters. The van der Waals surface area contributed by atoms with Crippen molar-refractivity contribution in [3.05, 3.63) is 59.2 Å². The van der Waals surface area contributed by atoms with Crippen LogP contribution in [0.25, 0.3) is 17.3 Å². The number of rotatable bonds is 4. The molecular formula is C19H20FN3. The Morgan fingerprint density at radius 1 is 1.26 bits per heavy atom. The summed E-state index contributed by atoms with van der Waals surface area (Å²) in [5, 5.41) is 12.7. The third-order valence-electron chi connectivity index (χ3n) is 4.21. The largest absolute Gasteiger partial charge is 0.305 e. The zero-order valence-corrected chi connectivity index (χ0v) is 13.4. The molecule has 23 heavy (non-hydrogen) atoms. The van der Waals surface area contributed by atoms with Crippen LogP contribution < -0.4 is 0 Å². The van der Waals surface area contributed by atoms with Crippen LogP contribution in [0.15, 0.2) is 42.1 Å². The number of hydrogen-bond donors (Lipinski definition) is 1. The van der Waals surface area contributed by atoms with E-state index in [0.717, 1.165) is 35.4 Å². The van der Waals surface area contributed by atoms with Gasteiger partial charge in [-0.15, -0.1) is 0 Å². The first-order valence-corrected chi connectivity index (χ1v) is 7.95. The van der Waals surface area contributed by atoms with Crippen LogP contribution in [0.3, 0.4) is 0 Å². The molecule has 3 nitrogen and oxygen atoms in total. The highest BCUT2D eigenvalue weighted by Crippen LogP contribution is 2.31. The summed E-state index contributed by atoms with van der Waals surface area (Å²) < 4.78 is 15.0. The summed E-state index contributed by atoms with van der Waals surface area (Å²) in [5.74, 6) is -0.259. The molecule has 3 rings (SSSR count). The monoisotopic (exact) mass is 309 g/mol. The molecule has 118 valence electrons. The van der Waals surface area contributed by atoms with E-state index in [2.05, 4.69) is 24.2 Å². The molecule has 0 aliphatic heterocycles. The number of benzene rings is 1. The lowest BCUT2D eigenvalue weighted by molar-refractivity contribution is 0.627. The average molecular weight is 309 g/mol. The molecule has 0 fully saturated rings. The minimum absolute atomic E-state index is 0.259. The fourth-order valence-corrected chi connectivity index (χ4v) is 2.81. The molecule has 1 aromatic heterocycles. The van der Waals surface area contributed by atoms with E-state index in [1.807, 2.05) is 17.8 Å². The lowest BCUT2D eigenvalue weighted by Crippen LogP contribution is -2.02. The zero-order chi connectivity index (χ0) is 16.4. The molecule has 1 heterocycles. The number of allylic oxidation sites excluding steroid dienone is 3. The molecule has 0 saturated heterocycles. The third kappa shape index (κ3) is 2.89. The van der Waals surface area contributed by atoms with Gasteiger partial charge in [-0.05, 0) is 49.6 Å². The van der Waals surface area contributed by atoms with Crippen LogP contribution in [0.2, 0.25) is 0 Å². The number of aromatic nitrogens is 2. The predicted molar refractivity (Wildman–Crippen MR) is 92.4 cm³/mol. The van der Waals surface area contributed by atoms with Crippen LogP contribution in [0.1, 0.15) is 44.4 Å². The highest BCUT2D eigenvalue weighted by molar-refractivity contribution is 6.23. The van der Waals surface area contributed by atoms with E-state index in [0.29, 0.717) is 12.1 Å². The van der Waals surface area contributed by atoms with E-state index in [-0.39, 0.29) is 5.82 Å². The van der Waals surface area contributed by atoms with E-state index in [9.17, 15) is 4.39 Å². The molecule has 1 aromatic carbocycles. The van der Waals surface area contributed by atoms with Crippen molar-refractivity contribution in [1.82, 2.24) is 9.78 Å². The topological polar surface area (TPSA) is 41.7 Å². The fraction of sp³-hybridized carbons (Fsp3) is 0.263. The van der Waals surface area contributed by atoms with Crippen molar-refractivity contribution in [2.75, 3.05) is 0 Å². The van der Waals surface area contributed by atoms with Crippen LogP contribution in [0.5, 0.6) is 0 Å². The summed E-state index contributed by atoms with van der Waals surface area (Å²) >= 11 is 0. The first-order valence-electron chi connectivity index (χ1n) is 7.95. The summed E-state index contributed by atoms with van der Waals surface area (Å²) in [4.78, 5) is 0. The summed E-state index contributed by atoms with van der Waals surface area (Å²) in [6.45, 7) is 4.13. The van der Waals surface area contributed by atoms with E-state index in [1.165, 1.54) is 17.7 Å². The molecule has 1 N–H and O–H groups in total. The molecule has 0 spiro atoms. The molecule has 0 radical (unpaired) electrons. The van der Waals surface area contributed by atoms with Gasteiger partial charge in [-0.2, -0.15) is 5.10 Å². The van der Waals surface area contributed by atoms with Gasteiger partial charge in [0.15, 0.2) is 0 Å². The lowest BCUT2D eigenvalue weighted by atomic mass is 10.00. The Hall–Kier alpha value is -2.49. The van der Waals surface area contributed by atoms with E-state index in [4.69, 9.17) is 5.41 Å². The van der Waals surface area contributed by atoms with E-state index in [1.54, 1.807) is 12.1 Å². The molecule has 0 bridgehead atoms. The van der Waals surface area contributed by atoms with Gasteiger partial charge in [-0.25, -0.2) is 9.07 Å². The van der Waals surface area contributed by atoms with Crippen molar-refractivity contribution in [2.45, 2.75) is 33.1 Å². The summed E-state index contributed by atoms with van der Waals surface area (Å²) in [6, 6.07) is 6.33. The van der Waals surface area contributed by atoms with Crippen LogP contribution in [-0.4, -0.2) is 15.5 Å². The highest BCUT2D eigenvalue weighted by Gasteiger charge is 2.19. The molecule has 0 saturated carbocycles. The molecule has 0 amide bonds. The fourth-order valence-electron chi connectivity index (χ4n) is 2.81. The second-order valence-electron chi connectivity index (χ2n) is 5.64. The van der Waals surface area contributed by atoms with E-state index < -0.39 is 0 Å². The maximum Gasteiger partial charge on any atom is 0.123 e. The minimum atomic E-state index is -0.259. The average Bonchev–Trinajstić information content (AvgIpc) is 2.88. The van der Waals surface area contributed by atoms with Gasteiger partial charge in [0.2, 0.25) is 0 Å². The van der Waals surface area contributed by atoms with Crippen molar-refractivity contribution in [2.24, 2.45) is 0 Å². The summed E-state index contributed by atoms with van der Waals surface area (Å²) in [5.41, 5.74) is 5.64. The Labute approximate surface area is 135 Å². The van der Waals surface area contributed by atoms with Gasteiger partial charge >= 0.3 is 0 Å². The number of nitrogens with zero attached hydrogens (tertiary/aromatic N) is 2. The van der Waals surface area contributed by atoms with Crippen LogP contribution >= 0.6 is 0 Å². The predicted octanol–water partition coefficient (Wildman–Crippen LogP) is 5.02. The van der Waals surface area contributed by atoms with Crippen LogP contribution in [0.4, 0.5) is 4.39 Å². The first-order chi connectivity index (χ1) is 11.1. The molecule has 2 aromatic rings. The molecule has 1 aliphatic carbocycles. The van der Waals surface area contributed by atoms with Crippen LogP contribution in [0, 0.1) is 11.2 Å². The van der Waals surface area contributed by atoms with Gasteiger partial charge in [-0.3, -0.25) is 0 Å². The molecular weight excluding hydrogens is 289 g/mol. The maximum absolute atomic E-state index is 13.2. The summed E-state index contributed by atoms with van der Waals surface area (Å²) in [6.07, 6.45) is 8.59. The first kappa shape index (κ1) is 15.4. The van der Waals surface area contributed by atoms with E-state index >= 15 is 0 Å². The van der Waals surface area contributed by atoms with Crippen molar-refractivity contribution in [3.8, 4) is 5.69 Å². The Morgan fingerprint density at radius 3 is 2.65 bits per heavy atom. The SMILES string of the molecule is CCC(=N)C1=CCC(CC)=Cc2c1cnn2-c1ccc(F)cc1. The minimum Gasteiger partial charge on any atom is -0.305 e. The van der Waals surface area contributed by atoms with Crippen LogP contribution in [-0.2, 0) is 0 Å². The molecule has 1 aliphatic rings. The van der Waals surface area contributed by atoms with Gasteiger partial charge in [0, 0.05) is 16.8 Å². The number of fused-ring (bicyclic) bond motifs is 1. The summed E-state index contributed by atoms with van der Waals surface area (Å²) in [7, 11) is 0.